The summed E-state index contributed by atoms with van der Waals surface area (Å²) in [5, 5.41) is 7.32. The Morgan fingerprint density at radius 3 is 2.75 bits per heavy atom. The van der Waals surface area contributed by atoms with Gasteiger partial charge in [-0.25, -0.2) is 4.98 Å². The number of nitrogens with zero attached hydrogens (tertiary/aromatic N) is 1. The highest BCUT2D eigenvalue weighted by atomic mass is 35.5. The third kappa shape index (κ3) is 3.04. The summed E-state index contributed by atoms with van der Waals surface area (Å²) in [6.45, 7) is 2.95. The Hall–Kier alpha value is -0.900. The molecule has 1 unspecified atom stereocenters. The summed E-state index contributed by atoms with van der Waals surface area (Å²) < 4.78 is 0. The Morgan fingerprint density at radius 1 is 1.38 bits per heavy atom. The number of nitrogens with one attached hydrogen (secondary N) is 1. The van der Waals surface area contributed by atoms with Gasteiger partial charge in [0.2, 0.25) is 0 Å². The third-order valence-electron chi connectivity index (χ3n) is 2.35. The molecule has 0 bridgehead atoms. The van der Waals surface area contributed by atoms with Crippen molar-refractivity contribution in [1.82, 2.24) is 10.3 Å². The van der Waals surface area contributed by atoms with E-state index in [0.717, 1.165) is 16.6 Å². The van der Waals surface area contributed by atoms with Gasteiger partial charge in [-0.15, -0.1) is 11.3 Å². The highest BCUT2D eigenvalue weighted by molar-refractivity contribution is 7.09. The molecule has 1 aromatic carbocycles. The number of benzene rings is 1. The molecule has 0 amide bonds. The van der Waals surface area contributed by atoms with E-state index in [1.807, 2.05) is 35.8 Å². The average molecular weight is 253 g/mol. The van der Waals surface area contributed by atoms with E-state index in [2.05, 4.69) is 17.2 Å². The first-order valence-electron chi connectivity index (χ1n) is 5.13. The minimum atomic E-state index is 0.288. The van der Waals surface area contributed by atoms with Gasteiger partial charge in [-0.05, 0) is 24.6 Å². The third-order valence-corrected chi connectivity index (χ3v) is 3.56. The van der Waals surface area contributed by atoms with Crippen molar-refractivity contribution in [3.8, 4) is 0 Å². The van der Waals surface area contributed by atoms with Crippen molar-refractivity contribution < 1.29 is 0 Å². The van der Waals surface area contributed by atoms with Gasteiger partial charge in [-0.3, -0.25) is 0 Å². The van der Waals surface area contributed by atoms with Gasteiger partial charge < -0.3 is 5.32 Å². The van der Waals surface area contributed by atoms with Crippen LogP contribution in [-0.2, 0) is 6.54 Å². The first-order chi connectivity index (χ1) is 7.75. The zero-order chi connectivity index (χ0) is 11.4. The van der Waals surface area contributed by atoms with Crippen LogP contribution in [0.4, 0.5) is 0 Å². The molecule has 0 aliphatic rings. The lowest BCUT2D eigenvalue weighted by Gasteiger charge is -2.10. The summed E-state index contributed by atoms with van der Waals surface area (Å²) in [7, 11) is 0. The van der Waals surface area contributed by atoms with Crippen LogP contribution in [0.1, 0.15) is 23.5 Å². The summed E-state index contributed by atoms with van der Waals surface area (Å²) in [5.41, 5.74) is 1.23. The number of hydrogen-bond donors (Lipinski definition) is 1. The second-order valence-electron chi connectivity index (χ2n) is 3.60. The van der Waals surface area contributed by atoms with Crippen LogP contribution in [0, 0.1) is 0 Å². The van der Waals surface area contributed by atoms with Crippen molar-refractivity contribution in [1.29, 1.82) is 0 Å². The van der Waals surface area contributed by atoms with Crippen molar-refractivity contribution in [2.75, 3.05) is 0 Å². The summed E-state index contributed by atoms with van der Waals surface area (Å²) in [5.74, 6) is 0. The molecule has 0 radical (unpaired) electrons. The zero-order valence-corrected chi connectivity index (χ0v) is 10.6. The molecule has 1 atom stereocenters. The fourth-order valence-corrected chi connectivity index (χ4v) is 2.21. The van der Waals surface area contributed by atoms with Gasteiger partial charge >= 0.3 is 0 Å². The van der Waals surface area contributed by atoms with Gasteiger partial charge in [-0.1, -0.05) is 23.7 Å². The average Bonchev–Trinajstić information content (AvgIpc) is 2.81. The molecule has 4 heteroatoms. The molecule has 2 aromatic rings. The van der Waals surface area contributed by atoms with E-state index in [-0.39, 0.29) is 6.04 Å². The Morgan fingerprint density at radius 2 is 2.12 bits per heavy atom. The molecule has 1 heterocycles. The lowest BCUT2D eigenvalue weighted by Crippen LogP contribution is -2.17. The van der Waals surface area contributed by atoms with Crippen LogP contribution in [0.25, 0.3) is 0 Å². The molecule has 0 aliphatic carbocycles. The Balaban J connectivity index is 1.90. The van der Waals surface area contributed by atoms with Gasteiger partial charge in [0.05, 0.1) is 6.04 Å². The molecule has 0 aliphatic heterocycles. The number of rotatable bonds is 4. The van der Waals surface area contributed by atoms with Gasteiger partial charge in [0.25, 0.3) is 0 Å². The Bertz CT molecular complexity index is 425. The van der Waals surface area contributed by atoms with E-state index in [1.54, 1.807) is 11.3 Å². The molecule has 0 spiro atoms. The van der Waals surface area contributed by atoms with Crippen molar-refractivity contribution in [2.45, 2.75) is 19.5 Å². The monoisotopic (exact) mass is 252 g/mol. The molecule has 1 aromatic heterocycles. The molecular formula is C12H13ClN2S. The van der Waals surface area contributed by atoms with E-state index in [1.165, 1.54) is 5.56 Å². The highest BCUT2D eigenvalue weighted by Crippen LogP contribution is 2.16. The molecule has 2 rings (SSSR count). The van der Waals surface area contributed by atoms with E-state index in [9.17, 15) is 0 Å². The summed E-state index contributed by atoms with van der Waals surface area (Å²) >= 11 is 7.50. The highest BCUT2D eigenvalue weighted by Gasteiger charge is 2.06. The predicted molar refractivity (Wildman–Crippen MR) is 68.8 cm³/mol. The number of thiazole rings is 1. The fraction of sp³-hybridized carbons (Fsp3) is 0.250. The standard InChI is InChI=1S/C12H13ClN2S/c1-9(12-14-6-7-16-12)15-8-10-2-4-11(13)5-3-10/h2-7,9,15H,8H2,1H3. The van der Waals surface area contributed by atoms with Crippen LogP contribution >= 0.6 is 22.9 Å². The predicted octanol–water partition coefficient (Wildman–Crippen LogP) is 3.65. The number of aromatic nitrogens is 1. The van der Waals surface area contributed by atoms with Crippen LogP contribution in [0.5, 0.6) is 0 Å². The lowest BCUT2D eigenvalue weighted by atomic mass is 10.2. The van der Waals surface area contributed by atoms with Crippen LogP contribution in [0.3, 0.4) is 0 Å². The van der Waals surface area contributed by atoms with Crippen LogP contribution in [0.15, 0.2) is 35.8 Å². The van der Waals surface area contributed by atoms with Crippen molar-refractivity contribution >= 4 is 22.9 Å². The largest absolute Gasteiger partial charge is 0.304 e. The maximum atomic E-state index is 5.83. The molecule has 0 fully saturated rings. The molecule has 0 saturated heterocycles. The van der Waals surface area contributed by atoms with Crippen LogP contribution in [-0.4, -0.2) is 4.98 Å². The fourth-order valence-electron chi connectivity index (χ4n) is 1.41. The van der Waals surface area contributed by atoms with E-state index < -0.39 is 0 Å². The second kappa shape index (κ2) is 5.43. The van der Waals surface area contributed by atoms with Crippen LogP contribution < -0.4 is 5.32 Å². The van der Waals surface area contributed by atoms with Gasteiger partial charge in [0.15, 0.2) is 0 Å². The minimum absolute atomic E-state index is 0.288. The van der Waals surface area contributed by atoms with Crippen LogP contribution in [0.2, 0.25) is 5.02 Å². The zero-order valence-electron chi connectivity index (χ0n) is 8.98. The first kappa shape index (κ1) is 11.6. The lowest BCUT2D eigenvalue weighted by molar-refractivity contribution is 0.572. The first-order valence-corrected chi connectivity index (χ1v) is 6.38. The number of halogens is 1. The summed E-state index contributed by atoms with van der Waals surface area (Å²) in [6, 6.07) is 8.17. The second-order valence-corrected chi connectivity index (χ2v) is 4.96. The molecule has 1 N–H and O–H groups in total. The maximum absolute atomic E-state index is 5.83. The smallest absolute Gasteiger partial charge is 0.109 e. The molecule has 16 heavy (non-hydrogen) atoms. The Kier molecular flexibility index (Phi) is 3.93. The van der Waals surface area contributed by atoms with E-state index in [4.69, 9.17) is 11.6 Å². The number of hydrogen-bond acceptors (Lipinski definition) is 3. The van der Waals surface area contributed by atoms with Gasteiger partial charge in [0, 0.05) is 23.1 Å². The normalized spacial score (nSPS) is 12.6. The molecule has 84 valence electrons. The maximum Gasteiger partial charge on any atom is 0.109 e. The van der Waals surface area contributed by atoms with Crippen molar-refractivity contribution in [3.63, 3.8) is 0 Å². The van der Waals surface area contributed by atoms with Crippen molar-refractivity contribution in [2.24, 2.45) is 0 Å². The van der Waals surface area contributed by atoms with Crippen molar-refractivity contribution in [3.05, 3.63) is 51.4 Å². The summed E-state index contributed by atoms with van der Waals surface area (Å²) in [6.07, 6.45) is 1.83. The molecule has 0 saturated carbocycles. The van der Waals surface area contributed by atoms with E-state index in [0.29, 0.717) is 0 Å². The molecular weight excluding hydrogens is 240 g/mol. The topological polar surface area (TPSA) is 24.9 Å². The van der Waals surface area contributed by atoms with Gasteiger partial charge in [-0.2, -0.15) is 0 Å². The minimum Gasteiger partial charge on any atom is -0.304 e. The van der Waals surface area contributed by atoms with Gasteiger partial charge in [0.1, 0.15) is 5.01 Å². The van der Waals surface area contributed by atoms with E-state index >= 15 is 0 Å². The molecule has 2 nitrogen and oxygen atoms in total. The SMILES string of the molecule is CC(NCc1ccc(Cl)cc1)c1nccs1. The Labute approximate surface area is 104 Å². The summed E-state index contributed by atoms with van der Waals surface area (Å²) in [4.78, 5) is 4.28. The quantitative estimate of drug-likeness (QED) is 0.899.